The number of aliphatic imine (C=N–C) groups is 2. The summed E-state index contributed by atoms with van der Waals surface area (Å²) >= 11 is 20.1. The molecule has 0 spiro atoms. The number of carbonyl (C=O) groups excluding carboxylic acids is 1. The number of nitrogens with zero attached hydrogens (tertiary/aromatic N) is 12. The molecule has 0 fully saturated rings. The second-order valence-electron chi connectivity index (χ2n) is 11.3. The first-order valence-corrected chi connectivity index (χ1v) is 20.4. The van der Waals surface area contributed by atoms with E-state index in [1.54, 1.807) is 22.7 Å². The Morgan fingerprint density at radius 3 is 1.73 bits per heavy atom. The van der Waals surface area contributed by atoms with E-state index >= 15 is 0 Å². The number of thiophene rings is 2. The monoisotopic (exact) mass is 1060 g/mol. The van der Waals surface area contributed by atoms with E-state index in [2.05, 4.69) is 133 Å². The standard InChI is InChI=1S/C17H14ClIN4S.C15H12ClIN2OS.H2N6.H3N5/c1-8-13-14(11-4-6-12(18)7-5-11)20-9(2)16-22-21-10(3)23(16)17(13)24-15(8)19;1-7-11-12(9-3-5-10(16)6-4-9)18-8(2)14(20)19-15(11)21-13(7)17;1-3-5-6-4-2;1-3-5-4-2/h4-7,9H,1-3H3;3-6,8H,1-2H3,(H,19,20);1-2H;(H3,1,2,5)/b;;3-1?,4-2?,6-5+;/t9-;8-;;/m00../s1. The van der Waals surface area contributed by atoms with Crippen LogP contribution in [0.1, 0.15) is 64.9 Å². The van der Waals surface area contributed by atoms with Gasteiger partial charge in [-0.2, -0.15) is 16.6 Å². The third kappa shape index (κ3) is 10.5. The van der Waals surface area contributed by atoms with Gasteiger partial charge in [0.1, 0.15) is 27.9 Å². The van der Waals surface area contributed by atoms with Gasteiger partial charge in [0.2, 0.25) is 5.91 Å². The molecule has 1 amide bonds. The van der Waals surface area contributed by atoms with Crippen molar-refractivity contribution in [3.8, 4) is 5.00 Å². The van der Waals surface area contributed by atoms with E-state index in [1.165, 1.54) is 14.0 Å². The molecule has 0 unspecified atom stereocenters. The molecule has 0 bridgehead atoms. The molecular formula is C32H31Cl2I2N17OS2. The lowest BCUT2D eigenvalue weighted by atomic mass is 10.0. The summed E-state index contributed by atoms with van der Waals surface area (Å²) < 4.78 is 4.56. The fraction of sp³-hybridized carbons (Fsp3) is 0.219. The molecule has 7 rings (SSSR count). The smallest absolute Gasteiger partial charge is 0.249 e. The Bertz CT molecular complexity index is 2340. The lowest BCUT2D eigenvalue weighted by molar-refractivity contribution is -0.116. The summed E-state index contributed by atoms with van der Waals surface area (Å²) in [7, 11) is 0. The predicted molar refractivity (Wildman–Crippen MR) is 233 cm³/mol. The Morgan fingerprint density at radius 2 is 1.23 bits per heavy atom. The van der Waals surface area contributed by atoms with Crippen LogP contribution in [0, 0.1) is 43.1 Å². The van der Waals surface area contributed by atoms with Gasteiger partial charge in [0.05, 0.1) is 17.2 Å². The van der Waals surface area contributed by atoms with Crippen LogP contribution < -0.4 is 11.2 Å². The molecule has 2 aliphatic heterocycles. The molecule has 0 radical (unpaired) electrons. The number of rotatable bonds is 5. The number of amides is 1. The number of nitrogens with one attached hydrogen (secondary N) is 4. The average molecular weight is 1060 g/mol. The highest BCUT2D eigenvalue weighted by atomic mass is 127. The molecule has 6 N–H and O–H groups in total. The Balaban J connectivity index is 0.000000198. The van der Waals surface area contributed by atoms with Gasteiger partial charge in [-0.15, -0.1) is 32.9 Å². The van der Waals surface area contributed by atoms with Crippen molar-refractivity contribution in [3.63, 3.8) is 0 Å². The third-order valence-electron chi connectivity index (χ3n) is 7.78. The maximum atomic E-state index is 12.1. The van der Waals surface area contributed by atoms with E-state index in [0.29, 0.717) is 5.02 Å². The van der Waals surface area contributed by atoms with Crippen molar-refractivity contribution in [2.75, 3.05) is 5.32 Å². The molecule has 18 nitrogen and oxygen atoms in total. The van der Waals surface area contributed by atoms with Gasteiger partial charge < -0.3 is 11.2 Å². The second-order valence-corrected chi connectivity index (χ2v) is 17.8. The number of benzene rings is 2. The van der Waals surface area contributed by atoms with Gasteiger partial charge in [-0.1, -0.05) is 52.7 Å². The van der Waals surface area contributed by atoms with E-state index in [1.807, 2.05) is 62.4 Å². The molecule has 0 aliphatic carbocycles. The van der Waals surface area contributed by atoms with Gasteiger partial charge in [0, 0.05) is 32.3 Å². The molecule has 5 heterocycles. The molecule has 2 aliphatic rings. The molecule has 290 valence electrons. The SMILES string of the molecule is Cc1c(I)sc2c1C(c1ccc(Cl)cc1)=N[C@@H](C)C(=O)N2.Cc1c(I)sc2c1C(c1ccc(Cl)cc1)=N[C@@H](C)c1nnc(C)n1-2.N=N/N=N/N.N=N/N=N/N=N. The van der Waals surface area contributed by atoms with Gasteiger partial charge in [-0.05, 0) is 147 Å². The van der Waals surface area contributed by atoms with Crippen molar-refractivity contribution in [1.82, 2.24) is 14.8 Å². The molecule has 5 aromatic rings. The normalized spacial score (nSPS) is 15.4. The number of nitrogens with two attached hydrogens (primary N) is 1. The summed E-state index contributed by atoms with van der Waals surface area (Å²) in [6.07, 6.45) is 0. The van der Waals surface area contributed by atoms with Crippen LogP contribution in [0.3, 0.4) is 0 Å². The van der Waals surface area contributed by atoms with Crippen LogP contribution in [-0.4, -0.2) is 38.1 Å². The predicted octanol–water partition coefficient (Wildman–Crippen LogP) is 11.2. The number of hydrogen-bond acceptors (Lipinski definition) is 11. The Hall–Kier alpha value is -4.37. The van der Waals surface area contributed by atoms with Crippen molar-refractivity contribution in [3.05, 3.63) is 109 Å². The topological polar surface area (TPSA) is 269 Å². The van der Waals surface area contributed by atoms with Gasteiger partial charge in [-0.3, -0.25) is 19.3 Å². The van der Waals surface area contributed by atoms with Gasteiger partial charge >= 0.3 is 0 Å². The lowest BCUT2D eigenvalue weighted by Gasteiger charge is -2.09. The van der Waals surface area contributed by atoms with Crippen LogP contribution in [0.5, 0.6) is 0 Å². The van der Waals surface area contributed by atoms with E-state index in [0.717, 1.165) is 63.2 Å². The summed E-state index contributed by atoms with van der Waals surface area (Å²) in [4.78, 5) is 21.7. The van der Waals surface area contributed by atoms with Crippen molar-refractivity contribution < 1.29 is 4.79 Å². The molecule has 2 atom stereocenters. The quantitative estimate of drug-likeness (QED) is 0.0497. The summed E-state index contributed by atoms with van der Waals surface area (Å²) in [5.41, 5.74) is 26.2. The second kappa shape index (κ2) is 20.7. The van der Waals surface area contributed by atoms with Crippen LogP contribution >= 0.6 is 91.1 Å². The van der Waals surface area contributed by atoms with Crippen LogP contribution in [0.4, 0.5) is 5.00 Å². The minimum Gasteiger partial charge on any atom is -0.315 e. The largest absolute Gasteiger partial charge is 0.315 e. The number of fused-ring (bicyclic) bond motifs is 4. The fourth-order valence-corrected chi connectivity index (χ4v) is 9.34. The molecule has 0 saturated carbocycles. The maximum absolute atomic E-state index is 12.1. The summed E-state index contributed by atoms with van der Waals surface area (Å²) in [5.74, 6) is 6.09. The lowest BCUT2D eigenvalue weighted by Crippen LogP contribution is -2.21. The Morgan fingerprint density at radius 1 is 0.750 bits per heavy atom. The van der Waals surface area contributed by atoms with Crippen LogP contribution in [-0.2, 0) is 4.79 Å². The molecule has 0 saturated heterocycles. The number of halogens is 4. The molecule has 3 aromatic heterocycles. The van der Waals surface area contributed by atoms with Gasteiger partial charge in [-0.25, -0.2) is 0 Å². The zero-order valence-corrected chi connectivity index (χ0v) is 37.4. The summed E-state index contributed by atoms with van der Waals surface area (Å²) in [6.45, 7) is 10.1. The Kier molecular flexibility index (Phi) is 16.4. The minimum atomic E-state index is -0.410. The highest BCUT2D eigenvalue weighted by Crippen LogP contribution is 2.40. The third-order valence-corrected chi connectivity index (χ3v) is 13.3. The number of carbonyl (C=O) groups is 1. The zero-order valence-electron chi connectivity index (χ0n) is 30.0. The van der Waals surface area contributed by atoms with Gasteiger partial charge in [0.15, 0.2) is 5.82 Å². The van der Waals surface area contributed by atoms with Crippen LogP contribution in [0.15, 0.2) is 95.1 Å². The maximum Gasteiger partial charge on any atom is 0.249 e. The molecule has 56 heavy (non-hydrogen) atoms. The zero-order chi connectivity index (χ0) is 41.1. The number of aromatic nitrogens is 3. The van der Waals surface area contributed by atoms with Crippen molar-refractivity contribution >= 4 is 113 Å². The van der Waals surface area contributed by atoms with Crippen LogP contribution in [0.2, 0.25) is 10.0 Å². The number of aryl methyl sites for hydroxylation is 1. The first kappa shape index (κ1) is 44.3. The summed E-state index contributed by atoms with van der Waals surface area (Å²) in [6, 6.07) is 15.0. The first-order chi connectivity index (χ1) is 26.8. The molecular weight excluding hydrogens is 1030 g/mol. The number of hydrogen-bond donors (Lipinski definition) is 5. The highest BCUT2D eigenvalue weighted by Gasteiger charge is 2.30. The van der Waals surface area contributed by atoms with Crippen molar-refractivity contribution in [2.24, 2.45) is 52.4 Å². The summed E-state index contributed by atoms with van der Waals surface area (Å²) in [5, 5.41) is 32.9. The average Bonchev–Trinajstić information content (AvgIpc) is 3.74. The molecule has 2 aromatic carbocycles. The number of anilines is 1. The van der Waals surface area contributed by atoms with Gasteiger partial charge in [0.25, 0.3) is 0 Å². The Labute approximate surface area is 365 Å². The first-order valence-electron chi connectivity index (χ1n) is 15.9. The van der Waals surface area contributed by atoms with E-state index in [-0.39, 0.29) is 11.9 Å². The van der Waals surface area contributed by atoms with Crippen molar-refractivity contribution in [1.29, 1.82) is 16.6 Å². The fourth-order valence-electron chi connectivity index (χ4n) is 5.23. The van der Waals surface area contributed by atoms with E-state index < -0.39 is 6.04 Å². The van der Waals surface area contributed by atoms with E-state index in [9.17, 15) is 4.79 Å². The van der Waals surface area contributed by atoms with Crippen molar-refractivity contribution in [2.45, 2.75) is 46.7 Å². The van der Waals surface area contributed by atoms with E-state index in [4.69, 9.17) is 44.8 Å². The van der Waals surface area contributed by atoms with Crippen LogP contribution in [0.25, 0.3) is 5.00 Å². The highest BCUT2D eigenvalue weighted by molar-refractivity contribution is 14.1. The molecule has 24 heteroatoms. The minimum absolute atomic E-state index is 0.0615.